The van der Waals surface area contributed by atoms with Crippen molar-refractivity contribution in [1.82, 2.24) is 0 Å². The summed E-state index contributed by atoms with van der Waals surface area (Å²) >= 11 is 6.22. The third kappa shape index (κ3) is 5.75. The van der Waals surface area contributed by atoms with Crippen LogP contribution in [0.25, 0.3) is 0 Å². The minimum Gasteiger partial charge on any atom is -0.482 e. The predicted octanol–water partition coefficient (Wildman–Crippen LogP) is 5.45. The number of ketones is 1. The third-order valence-electron chi connectivity index (χ3n) is 4.10. The van der Waals surface area contributed by atoms with Crippen LogP contribution in [-0.2, 0) is 4.79 Å². The summed E-state index contributed by atoms with van der Waals surface area (Å²) < 4.78 is 19.0. The number of amides is 1. The average Bonchev–Trinajstić information content (AvgIpc) is 2.73. The number of Topliss-reactive ketones (excluding diaryl/α,β-unsaturated/α-hetero) is 1. The van der Waals surface area contributed by atoms with Gasteiger partial charge in [0.15, 0.2) is 12.4 Å². The van der Waals surface area contributed by atoms with E-state index in [0.717, 1.165) is 5.56 Å². The second-order valence-electron chi connectivity index (χ2n) is 6.37. The minimum absolute atomic E-state index is 0.00418. The van der Waals surface area contributed by atoms with Crippen LogP contribution in [0.15, 0.2) is 71.7 Å². The molecule has 0 aromatic heterocycles. The fraction of sp³-hybridized carbons (Fsp3) is 0.0870. The number of benzene rings is 3. The molecule has 5 nitrogen and oxygen atoms in total. The third-order valence-corrected chi connectivity index (χ3v) is 4.39. The van der Waals surface area contributed by atoms with Crippen molar-refractivity contribution in [2.45, 2.75) is 6.92 Å². The Bertz CT molecular complexity index is 1100. The van der Waals surface area contributed by atoms with Gasteiger partial charge in [-0.05, 0) is 67.1 Å². The van der Waals surface area contributed by atoms with E-state index in [2.05, 4.69) is 10.3 Å². The maximum atomic E-state index is 13.6. The molecule has 0 heterocycles. The largest absolute Gasteiger partial charge is 0.482 e. The number of nitrogens with one attached hydrogen (secondary N) is 1. The molecule has 1 N–H and O–H groups in total. The summed E-state index contributed by atoms with van der Waals surface area (Å²) in [6.45, 7) is 1.19. The van der Waals surface area contributed by atoms with Crippen LogP contribution in [0.1, 0.15) is 22.8 Å². The van der Waals surface area contributed by atoms with Crippen LogP contribution >= 0.6 is 11.6 Å². The van der Waals surface area contributed by atoms with Crippen LogP contribution in [0.2, 0.25) is 5.02 Å². The zero-order valence-corrected chi connectivity index (χ0v) is 16.8. The maximum absolute atomic E-state index is 13.6. The van der Waals surface area contributed by atoms with Crippen molar-refractivity contribution in [3.8, 4) is 5.75 Å². The highest BCUT2D eigenvalue weighted by atomic mass is 35.5. The molecule has 0 saturated carbocycles. The van der Waals surface area contributed by atoms with Crippen LogP contribution < -0.4 is 10.1 Å². The highest BCUT2D eigenvalue weighted by molar-refractivity contribution is 6.32. The molecular weight excluding hydrogens is 407 g/mol. The quantitative estimate of drug-likeness (QED) is 0.405. The highest BCUT2D eigenvalue weighted by Gasteiger charge is 2.09. The summed E-state index contributed by atoms with van der Waals surface area (Å²) in [5.74, 6) is -0.710. The number of hydrogen-bond donors (Lipinski definition) is 1. The topological polar surface area (TPSA) is 67.8 Å². The Hall–Kier alpha value is -3.51. The number of nitrogens with zero attached hydrogens (tertiary/aromatic N) is 1. The molecule has 3 aromatic carbocycles. The molecule has 0 aliphatic carbocycles. The van der Waals surface area contributed by atoms with Gasteiger partial charge in [-0.25, -0.2) is 4.39 Å². The van der Waals surface area contributed by atoms with Crippen molar-refractivity contribution in [3.05, 3.63) is 88.7 Å². The number of hydrogen-bond acceptors (Lipinski definition) is 4. The molecule has 0 fully saturated rings. The Balaban J connectivity index is 1.58. The Kier molecular flexibility index (Phi) is 6.93. The van der Waals surface area contributed by atoms with Gasteiger partial charge in [0.1, 0.15) is 11.6 Å². The van der Waals surface area contributed by atoms with Gasteiger partial charge in [-0.2, -0.15) is 0 Å². The van der Waals surface area contributed by atoms with E-state index in [1.807, 2.05) is 0 Å². The number of para-hydroxylation sites is 1. The van der Waals surface area contributed by atoms with E-state index >= 15 is 0 Å². The molecular formula is C23H18ClFN2O3. The molecule has 3 rings (SSSR count). The normalized spacial score (nSPS) is 10.8. The molecule has 0 saturated heterocycles. The van der Waals surface area contributed by atoms with Crippen LogP contribution in [0.5, 0.6) is 5.75 Å². The van der Waals surface area contributed by atoms with Gasteiger partial charge >= 0.3 is 0 Å². The van der Waals surface area contributed by atoms with Gasteiger partial charge in [0.2, 0.25) is 0 Å². The fourth-order valence-electron chi connectivity index (χ4n) is 2.54. The number of carbonyl (C=O) groups excluding carboxylic acids is 2. The zero-order valence-electron chi connectivity index (χ0n) is 16.1. The Morgan fingerprint density at radius 3 is 2.50 bits per heavy atom. The Labute approximate surface area is 178 Å². The van der Waals surface area contributed by atoms with E-state index in [1.165, 1.54) is 25.1 Å². The number of halogens is 2. The molecule has 152 valence electrons. The first kappa shape index (κ1) is 21.2. The second-order valence-corrected chi connectivity index (χ2v) is 6.78. The first-order chi connectivity index (χ1) is 14.4. The van der Waals surface area contributed by atoms with Crippen molar-refractivity contribution < 1.29 is 18.7 Å². The fourth-order valence-corrected chi connectivity index (χ4v) is 2.78. The smallest absolute Gasteiger partial charge is 0.262 e. The van der Waals surface area contributed by atoms with E-state index in [9.17, 15) is 14.0 Å². The van der Waals surface area contributed by atoms with Crippen LogP contribution in [0.3, 0.4) is 0 Å². The van der Waals surface area contributed by atoms with Crippen molar-refractivity contribution in [2.75, 3.05) is 11.9 Å². The summed E-state index contributed by atoms with van der Waals surface area (Å²) in [6, 6.07) is 17.8. The summed E-state index contributed by atoms with van der Waals surface area (Å²) in [5, 5.41) is 2.75. The van der Waals surface area contributed by atoms with Crippen molar-refractivity contribution in [3.63, 3.8) is 0 Å². The lowest BCUT2D eigenvalue weighted by Crippen LogP contribution is -2.20. The van der Waals surface area contributed by atoms with Gasteiger partial charge in [-0.1, -0.05) is 23.7 Å². The van der Waals surface area contributed by atoms with Crippen LogP contribution in [0.4, 0.5) is 15.8 Å². The highest BCUT2D eigenvalue weighted by Crippen LogP contribution is 2.25. The van der Waals surface area contributed by atoms with E-state index < -0.39 is 11.7 Å². The summed E-state index contributed by atoms with van der Waals surface area (Å²) in [4.78, 5) is 27.6. The monoisotopic (exact) mass is 424 g/mol. The lowest BCUT2D eigenvalue weighted by atomic mass is 10.1. The van der Waals surface area contributed by atoms with Gasteiger partial charge in [0.25, 0.3) is 5.91 Å². The van der Waals surface area contributed by atoms with Crippen molar-refractivity contribution in [1.29, 1.82) is 0 Å². The molecule has 30 heavy (non-hydrogen) atoms. The second kappa shape index (κ2) is 9.80. The predicted molar refractivity (Wildman–Crippen MR) is 116 cm³/mol. The van der Waals surface area contributed by atoms with Crippen molar-refractivity contribution >= 4 is 40.9 Å². The molecule has 7 heteroatoms. The number of ether oxygens (including phenoxy) is 1. The standard InChI is InChI=1S/C23H18ClFN2O3/c1-15(28)17-7-9-18(10-8-17)26-13-16-6-11-22(19(24)12-16)30-14-23(29)27-21-5-3-2-4-20(21)25/h2-13H,14H2,1H3,(H,27,29). The first-order valence-electron chi connectivity index (χ1n) is 9.04. The molecule has 0 aliphatic heterocycles. The Morgan fingerprint density at radius 2 is 1.83 bits per heavy atom. The van der Waals surface area contributed by atoms with Gasteiger partial charge in [0.05, 0.1) is 16.4 Å². The lowest BCUT2D eigenvalue weighted by molar-refractivity contribution is -0.118. The molecule has 3 aromatic rings. The average molecular weight is 425 g/mol. The summed E-state index contributed by atoms with van der Waals surface area (Å²) in [5.41, 5.74) is 2.14. The van der Waals surface area contributed by atoms with Gasteiger partial charge < -0.3 is 10.1 Å². The van der Waals surface area contributed by atoms with E-state index in [-0.39, 0.29) is 18.1 Å². The van der Waals surface area contributed by atoms with Gasteiger partial charge in [-0.15, -0.1) is 0 Å². The molecule has 0 aliphatic rings. The van der Waals surface area contributed by atoms with E-state index in [4.69, 9.17) is 16.3 Å². The molecule has 1 amide bonds. The maximum Gasteiger partial charge on any atom is 0.262 e. The SMILES string of the molecule is CC(=O)c1ccc(N=Cc2ccc(OCC(=O)Nc3ccccc3F)c(Cl)c2)cc1. The van der Waals surface area contributed by atoms with Crippen LogP contribution in [-0.4, -0.2) is 24.5 Å². The van der Waals surface area contributed by atoms with Gasteiger partial charge in [-0.3, -0.25) is 14.6 Å². The number of rotatable bonds is 7. The molecule has 0 radical (unpaired) electrons. The molecule has 0 atom stereocenters. The summed E-state index contributed by atoms with van der Waals surface area (Å²) in [7, 11) is 0. The van der Waals surface area contributed by atoms with Crippen molar-refractivity contribution in [2.24, 2.45) is 4.99 Å². The lowest BCUT2D eigenvalue weighted by Gasteiger charge is -2.09. The first-order valence-corrected chi connectivity index (χ1v) is 9.42. The Morgan fingerprint density at radius 1 is 1.10 bits per heavy atom. The number of anilines is 1. The van der Waals surface area contributed by atoms with Crippen LogP contribution in [0, 0.1) is 5.82 Å². The van der Waals surface area contributed by atoms with Gasteiger partial charge in [0, 0.05) is 11.8 Å². The molecule has 0 bridgehead atoms. The molecule has 0 unspecified atom stereocenters. The summed E-state index contributed by atoms with van der Waals surface area (Å²) in [6.07, 6.45) is 1.63. The van der Waals surface area contributed by atoms with E-state index in [0.29, 0.717) is 22.0 Å². The number of aliphatic imine (C=N–C) groups is 1. The molecule has 0 spiro atoms. The number of carbonyl (C=O) groups is 2. The van der Waals surface area contributed by atoms with E-state index in [1.54, 1.807) is 54.7 Å². The minimum atomic E-state index is -0.525. The zero-order chi connectivity index (χ0) is 21.5.